The molecule has 0 atom stereocenters. The predicted molar refractivity (Wildman–Crippen MR) is 85.6 cm³/mol. The summed E-state index contributed by atoms with van der Waals surface area (Å²) in [6, 6.07) is 7.47. The van der Waals surface area contributed by atoms with E-state index in [4.69, 9.17) is 23.2 Å². The van der Waals surface area contributed by atoms with Gasteiger partial charge in [0.05, 0.1) is 15.7 Å². The number of nitrogens with one attached hydrogen (secondary N) is 1. The van der Waals surface area contributed by atoms with Gasteiger partial charge in [-0.2, -0.15) is 0 Å². The minimum atomic E-state index is 0.526. The summed E-state index contributed by atoms with van der Waals surface area (Å²) in [6.07, 6.45) is 1.84. The molecular weight excluding hydrogens is 293 g/mol. The highest BCUT2D eigenvalue weighted by Gasteiger charge is 2.11. The fourth-order valence-corrected chi connectivity index (χ4v) is 2.34. The predicted octanol–water partition coefficient (Wildman–Crippen LogP) is 4.83. The summed E-state index contributed by atoms with van der Waals surface area (Å²) in [6.45, 7) is 4.95. The van der Waals surface area contributed by atoms with E-state index in [1.807, 2.05) is 25.1 Å². The number of aromatic nitrogens is 2. The summed E-state index contributed by atoms with van der Waals surface area (Å²) >= 11 is 12.3. The van der Waals surface area contributed by atoms with Crippen LogP contribution in [0.4, 0.5) is 5.82 Å². The number of hydrogen-bond acceptors (Lipinski definition) is 3. The zero-order chi connectivity index (χ0) is 14.5. The Morgan fingerprint density at radius 1 is 1.15 bits per heavy atom. The Morgan fingerprint density at radius 3 is 2.65 bits per heavy atom. The van der Waals surface area contributed by atoms with Crippen LogP contribution >= 0.6 is 23.2 Å². The molecule has 1 aromatic heterocycles. The van der Waals surface area contributed by atoms with Crippen LogP contribution in [0.15, 0.2) is 24.3 Å². The molecule has 106 valence electrons. The SMILES string of the molecule is CCCc1nc(NCC)cc(-c2cccc(Cl)c2Cl)n1. The van der Waals surface area contributed by atoms with Crippen LogP contribution < -0.4 is 5.32 Å². The summed E-state index contributed by atoms with van der Waals surface area (Å²) in [5.74, 6) is 1.63. The van der Waals surface area contributed by atoms with Crippen molar-refractivity contribution in [3.63, 3.8) is 0 Å². The maximum absolute atomic E-state index is 6.27. The summed E-state index contributed by atoms with van der Waals surface area (Å²) < 4.78 is 0. The van der Waals surface area contributed by atoms with E-state index in [1.165, 1.54) is 0 Å². The number of halogens is 2. The lowest BCUT2D eigenvalue weighted by atomic mass is 10.1. The number of anilines is 1. The molecule has 2 rings (SSSR count). The van der Waals surface area contributed by atoms with Crippen molar-refractivity contribution in [2.75, 3.05) is 11.9 Å². The first-order valence-electron chi connectivity index (χ1n) is 6.72. The van der Waals surface area contributed by atoms with E-state index in [9.17, 15) is 0 Å². The standard InChI is InChI=1S/C15H17Cl2N3/c1-3-6-13-19-12(9-14(20-13)18-4-2)10-7-5-8-11(16)15(10)17/h5,7-9H,3-4,6H2,1-2H3,(H,18,19,20). The summed E-state index contributed by atoms with van der Waals surface area (Å²) in [5.41, 5.74) is 1.63. The highest BCUT2D eigenvalue weighted by atomic mass is 35.5. The lowest BCUT2D eigenvalue weighted by Crippen LogP contribution is -2.04. The van der Waals surface area contributed by atoms with E-state index in [1.54, 1.807) is 6.07 Å². The first kappa shape index (κ1) is 15.1. The van der Waals surface area contributed by atoms with Crippen molar-refractivity contribution in [2.24, 2.45) is 0 Å². The van der Waals surface area contributed by atoms with Gasteiger partial charge in [-0.15, -0.1) is 0 Å². The van der Waals surface area contributed by atoms with Crippen molar-refractivity contribution in [2.45, 2.75) is 26.7 Å². The van der Waals surface area contributed by atoms with Gasteiger partial charge in [-0.25, -0.2) is 9.97 Å². The highest BCUT2D eigenvalue weighted by molar-refractivity contribution is 6.43. The van der Waals surface area contributed by atoms with Crippen LogP contribution in [0.2, 0.25) is 10.0 Å². The van der Waals surface area contributed by atoms with Crippen LogP contribution in [0.1, 0.15) is 26.1 Å². The quantitative estimate of drug-likeness (QED) is 0.859. The van der Waals surface area contributed by atoms with Gasteiger partial charge in [-0.1, -0.05) is 42.3 Å². The third kappa shape index (κ3) is 3.41. The van der Waals surface area contributed by atoms with Crippen LogP contribution in [-0.2, 0) is 6.42 Å². The molecule has 0 bridgehead atoms. The van der Waals surface area contributed by atoms with Gasteiger partial charge in [0.15, 0.2) is 0 Å². The van der Waals surface area contributed by atoms with E-state index in [-0.39, 0.29) is 0 Å². The van der Waals surface area contributed by atoms with E-state index in [2.05, 4.69) is 22.2 Å². The molecule has 0 saturated carbocycles. The van der Waals surface area contributed by atoms with Crippen molar-refractivity contribution >= 4 is 29.0 Å². The Morgan fingerprint density at radius 2 is 1.95 bits per heavy atom. The molecule has 0 spiro atoms. The molecule has 0 amide bonds. The molecule has 3 nitrogen and oxygen atoms in total. The summed E-state index contributed by atoms with van der Waals surface area (Å²) in [4.78, 5) is 9.08. The second-order valence-electron chi connectivity index (χ2n) is 4.44. The van der Waals surface area contributed by atoms with Crippen LogP contribution in [0, 0.1) is 0 Å². The van der Waals surface area contributed by atoms with Gasteiger partial charge in [0.1, 0.15) is 11.6 Å². The van der Waals surface area contributed by atoms with E-state index >= 15 is 0 Å². The van der Waals surface area contributed by atoms with Crippen molar-refractivity contribution in [1.82, 2.24) is 9.97 Å². The maximum Gasteiger partial charge on any atom is 0.131 e. The van der Waals surface area contributed by atoms with Gasteiger partial charge in [0.2, 0.25) is 0 Å². The monoisotopic (exact) mass is 309 g/mol. The molecule has 1 heterocycles. The molecule has 20 heavy (non-hydrogen) atoms. The maximum atomic E-state index is 6.27. The fraction of sp³-hybridized carbons (Fsp3) is 0.333. The third-order valence-corrected chi connectivity index (χ3v) is 3.65. The molecule has 0 aliphatic carbocycles. The van der Waals surface area contributed by atoms with Crippen molar-refractivity contribution < 1.29 is 0 Å². The zero-order valence-corrected chi connectivity index (χ0v) is 13.1. The molecule has 2 aromatic rings. The molecule has 5 heteroatoms. The lowest BCUT2D eigenvalue weighted by molar-refractivity contribution is 0.836. The normalized spacial score (nSPS) is 10.6. The molecular formula is C15H17Cl2N3. The van der Waals surface area contributed by atoms with Crippen LogP contribution in [0.5, 0.6) is 0 Å². The Balaban J connectivity index is 2.51. The van der Waals surface area contributed by atoms with Crippen molar-refractivity contribution in [1.29, 1.82) is 0 Å². The topological polar surface area (TPSA) is 37.8 Å². The Hall–Kier alpha value is -1.32. The smallest absolute Gasteiger partial charge is 0.131 e. The molecule has 1 N–H and O–H groups in total. The van der Waals surface area contributed by atoms with Gasteiger partial charge >= 0.3 is 0 Å². The Labute approximate surface area is 129 Å². The van der Waals surface area contributed by atoms with Crippen molar-refractivity contribution in [3.8, 4) is 11.3 Å². The van der Waals surface area contributed by atoms with Gasteiger partial charge in [0, 0.05) is 24.6 Å². The van der Waals surface area contributed by atoms with Gasteiger partial charge in [-0.05, 0) is 19.4 Å². The second kappa shape index (κ2) is 6.91. The van der Waals surface area contributed by atoms with Gasteiger partial charge in [0.25, 0.3) is 0 Å². The largest absolute Gasteiger partial charge is 0.370 e. The highest BCUT2D eigenvalue weighted by Crippen LogP contribution is 2.33. The number of aryl methyl sites for hydroxylation is 1. The number of benzene rings is 1. The molecule has 0 aliphatic rings. The van der Waals surface area contributed by atoms with Gasteiger partial charge < -0.3 is 5.32 Å². The zero-order valence-electron chi connectivity index (χ0n) is 11.6. The lowest BCUT2D eigenvalue weighted by Gasteiger charge is -2.10. The number of hydrogen-bond donors (Lipinski definition) is 1. The first-order chi connectivity index (χ1) is 9.65. The minimum Gasteiger partial charge on any atom is -0.370 e. The van der Waals surface area contributed by atoms with E-state index in [0.717, 1.165) is 42.3 Å². The minimum absolute atomic E-state index is 0.526. The average Bonchev–Trinajstić information content (AvgIpc) is 2.42. The molecule has 0 unspecified atom stereocenters. The summed E-state index contributed by atoms with van der Waals surface area (Å²) in [5, 5.41) is 4.28. The fourth-order valence-electron chi connectivity index (χ4n) is 1.94. The third-order valence-electron chi connectivity index (χ3n) is 2.83. The first-order valence-corrected chi connectivity index (χ1v) is 7.47. The molecule has 0 saturated heterocycles. The van der Waals surface area contributed by atoms with E-state index < -0.39 is 0 Å². The van der Waals surface area contributed by atoms with E-state index in [0.29, 0.717) is 10.0 Å². The van der Waals surface area contributed by atoms with Crippen molar-refractivity contribution in [3.05, 3.63) is 40.1 Å². The van der Waals surface area contributed by atoms with Crippen LogP contribution in [0.3, 0.4) is 0 Å². The molecule has 0 aliphatic heterocycles. The second-order valence-corrected chi connectivity index (χ2v) is 5.22. The van der Waals surface area contributed by atoms with Crippen LogP contribution in [0.25, 0.3) is 11.3 Å². The Kier molecular flexibility index (Phi) is 5.21. The Bertz CT molecular complexity index is 575. The molecule has 0 fully saturated rings. The summed E-state index contributed by atoms with van der Waals surface area (Å²) in [7, 11) is 0. The average molecular weight is 310 g/mol. The number of rotatable bonds is 5. The van der Waals surface area contributed by atoms with Gasteiger partial charge in [-0.3, -0.25) is 0 Å². The molecule has 0 radical (unpaired) electrons. The van der Waals surface area contributed by atoms with Crippen LogP contribution in [-0.4, -0.2) is 16.5 Å². The number of nitrogens with zero attached hydrogens (tertiary/aromatic N) is 2. The molecule has 1 aromatic carbocycles.